The third kappa shape index (κ3) is 3.25. The lowest BCUT2D eigenvalue weighted by atomic mass is 10.3. The van der Waals surface area contributed by atoms with Crippen LogP contribution in [0.25, 0.3) is 0 Å². The number of aromatic nitrogens is 2. The van der Waals surface area contributed by atoms with Gasteiger partial charge in [0.15, 0.2) is 0 Å². The van der Waals surface area contributed by atoms with Crippen LogP contribution < -0.4 is 4.90 Å². The van der Waals surface area contributed by atoms with Crippen LogP contribution in [0.2, 0.25) is 0 Å². The summed E-state index contributed by atoms with van der Waals surface area (Å²) in [6.45, 7) is 7.25. The first-order valence-corrected chi connectivity index (χ1v) is 6.39. The zero-order valence-electron chi connectivity index (χ0n) is 12.4. The van der Waals surface area contributed by atoms with Crippen LogP contribution in [0.3, 0.4) is 0 Å². The van der Waals surface area contributed by atoms with Crippen molar-refractivity contribution in [2.75, 3.05) is 25.1 Å². The molecule has 0 aliphatic carbocycles. The van der Waals surface area contributed by atoms with Gasteiger partial charge in [0, 0.05) is 13.1 Å². The standard InChI is InChI=1S/C12H20N4O4/c1-6-20-10(17)7-14(5)12-11(16(18)19)9(4)13-15(12)8(2)3/h8H,6-7H2,1-5H3. The molecule has 112 valence electrons. The number of rotatable bonds is 6. The van der Waals surface area contributed by atoms with Crippen LogP contribution in [0.5, 0.6) is 0 Å². The maximum absolute atomic E-state index is 11.5. The number of carbonyl (C=O) groups excluding carboxylic acids is 1. The van der Waals surface area contributed by atoms with Gasteiger partial charge in [0.25, 0.3) is 0 Å². The summed E-state index contributed by atoms with van der Waals surface area (Å²) >= 11 is 0. The number of nitro groups is 1. The Morgan fingerprint density at radius 1 is 1.55 bits per heavy atom. The minimum Gasteiger partial charge on any atom is -0.465 e. The third-order valence-corrected chi connectivity index (χ3v) is 2.73. The first kappa shape index (κ1) is 15.9. The van der Waals surface area contributed by atoms with Crippen LogP contribution in [-0.2, 0) is 9.53 Å². The second kappa shape index (κ2) is 6.36. The zero-order valence-corrected chi connectivity index (χ0v) is 12.4. The molecule has 0 N–H and O–H groups in total. The Balaban J connectivity index is 3.19. The van der Waals surface area contributed by atoms with Crippen molar-refractivity contribution in [1.29, 1.82) is 0 Å². The van der Waals surface area contributed by atoms with Crippen LogP contribution in [0.15, 0.2) is 0 Å². The Labute approximate surface area is 117 Å². The topological polar surface area (TPSA) is 90.5 Å². The Bertz CT molecular complexity index is 510. The van der Waals surface area contributed by atoms with Gasteiger partial charge in [-0.15, -0.1) is 0 Å². The van der Waals surface area contributed by atoms with E-state index in [0.29, 0.717) is 11.5 Å². The molecule has 0 saturated carbocycles. The van der Waals surface area contributed by atoms with E-state index < -0.39 is 10.9 Å². The van der Waals surface area contributed by atoms with Crippen LogP contribution >= 0.6 is 0 Å². The van der Waals surface area contributed by atoms with Crippen LogP contribution in [0, 0.1) is 17.0 Å². The van der Waals surface area contributed by atoms with E-state index in [1.54, 1.807) is 25.6 Å². The molecule has 20 heavy (non-hydrogen) atoms. The molecule has 0 atom stereocenters. The van der Waals surface area contributed by atoms with E-state index in [9.17, 15) is 14.9 Å². The largest absolute Gasteiger partial charge is 0.465 e. The number of likely N-dealkylation sites (N-methyl/N-ethyl adjacent to an activating group) is 1. The minimum absolute atomic E-state index is 0.0537. The molecule has 0 aliphatic heterocycles. The number of ether oxygens (including phenoxy) is 1. The van der Waals surface area contributed by atoms with Gasteiger partial charge in [-0.2, -0.15) is 5.10 Å². The molecule has 1 heterocycles. The lowest BCUT2D eigenvalue weighted by Crippen LogP contribution is -2.30. The van der Waals surface area contributed by atoms with Gasteiger partial charge in [0.1, 0.15) is 12.2 Å². The van der Waals surface area contributed by atoms with Gasteiger partial charge in [0.2, 0.25) is 5.82 Å². The average Bonchev–Trinajstić information content (AvgIpc) is 2.67. The molecule has 1 aromatic rings. The summed E-state index contributed by atoms with van der Waals surface area (Å²) in [5.41, 5.74) is 0.250. The summed E-state index contributed by atoms with van der Waals surface area (Å²) in [7, 11) is 1.61. The van der Waals surface area contributed by atoms with Gasteiger partial charge in [-0.3, -0.25) is 14.9 Å². The molecule has 0 aliphatic rings. The van der Waals surface area contributed by atoms with Gasteiger partial charge in [-0.25, -0.2) is 4.68 Å². The van der Waals surface area contributed by atoms with Crippen molar-refractivity contribution in [2.45, 2.75) is 33.7 Å². The summed E-state index contributed by atoms with van der Waals surface area (Å²) in [6.07, 6.45) is 0. The maximum atomic E-state index is 11.5. The van der Waals surface area contributed by atoms with Gasteiger partial charge in [-0.05, 0) is 27.7 Å². The summed E-state index contributed by atoms with van der Waals surface area (Å²) < 4.78 is 6.41. The van der Waals surface area contributed by atoms with Crippen molar-refractivity contribution >= 4 is 17.5 Å². The first-order valence-electron chi connectivity index (χ1n) is 6.39. The van der Waals surface area contributed by atoms with Gasteiger partial charge in [-0.1, -0.05) is 0 Å². The molecular formula is C12H20N4O4. The molecule has 1 aromatic heterocycles. The van der Waals surface area contributed by atoms with E-state index in [2.05, 4.69) is 5.10 Å². The molecule has 0 saturated heterocycles. The van der Waals surface area contributed by atoms with E-state index in [-0.39, 0.29) is 24.9 Å². The highest BCUT2D eigenvalue weighted by atomic mass is 16.6. The Hall–Kier alpha value is -2.12. The van der Waals surface area contributed by atoms with E-state index in [1.165, 1.54) is 4.90 Å². The summed E-state index contributed by atoms with van der Waals surface area (Å²) in [5, 5.41) is 15.4. The van der Waals surface area contributed by atoms with Gasteiger partial charge < -0.3 is 9.64 Å². The van der Waals surface area contributed by atoms with Crippen LogP contribution in [-0.4, -0.2) is 40.9 Å². The Morgan fingerprint density at radius 2 is 2.15 bits per heavy atom. The molecule has 8 nitrogen and oxygen atoms in total. The third-order valence-electron chi connectivity index (χ3n) is 2.73. The Morgan fingerprint density at radius 3 is 2.60 bits per heavy atom. The normalized spacial score (nSPS) is 10.7. The van der Waals surface area contributed by atoms with Crippen molar-refractivity contribution in [3.8, 4) is 0 Å². The molecule has 0 radical (unpaired) electrons. The molecule has 0 fully saturated rings. The van der Waals surface area contributed by atoms with E-state index in [0.717, 1.165) is 0 Å². The molecule has 0 bridgehead atoms. The quantitative estimate of drug-likeness (QED) is 0.448. The summed E-state index contributed by atoms with van der Waals surface area (Å²) in [6, 6.07) is -0.0537. The minimum atomic E-state index is -0.474. The van der Waals surface area contributed by atoms with Gasteiger partial charge >= 0.3 is 11.7 Å². The van der Waals surface area contributed by atoms with Crippen molar-refractivity contribution in [1.82, 2.24) is 9.78 Å². The number of hydrogen-bond donors (Lipinski definition) is 0. The number of nitrogens with zero attached hydrogens (tertiary/aromatic N) is 4. The first-order chi connectivity index (χ1) is 9.29. The van der Waals surface area contributed by atoms with Crippen molar-refractivity contribution in [3.05, 3.63) is 15.8 Å². The molecule has 8 heteroatoms. The fourth-order valence-electron chi connectivity index (χ4n) is 1.93. The predicted molar refractivity (Wildman–Crippen MR) is 73.9 cm³/mol. The smallest absolute Gasteiger partial charge is 0.333 e. The number of carbonyl (C=O) groups is 1. The fraction of sp³-hybridized carbons (Fsp3) is 0.667. The zero-order chi connectivity index (χ0) is 15.4. The average molecular weight is 284 g/mol. The second-order valence-corrected chi connectivity index (χ2v) is 4.71. The molecule has 0 amide bonds. The highest BCUT2D eigenvalue weighted by Crippen LogP contribution is 2.32. The van der Waals surface area contributed by atoms with E-state index in [4.69, 9.17) is 4.74 Å². The van der Waals surface area contributed by atoms with Crippen molar-refractivity contribution < 1.29 is 14.5 Å². The van der Waals surface area contributed by atoms with Crippen LogP contribution in [0.1, 0.15) is 32.5 Å². The number of hydrogen-bond acceptors (Lipinski definition) is 6. The van der Waals surface area contributed by atoms with Crippen molar-refractivity contribution in [2.24, 2.45) is 0 Å². The number of anilines is 1. The second-order valence-electron chi connectivity index (χ2n) is 4.71. The maximum Gasteiger partial charge on any atom is 0.333 e. The lowest BCUT2D eigenvalue weighted by molar-refractivity contribution is -0.384. The summed E-state index contributed by atoms with van der Waals surface area (Å²) in [4.78, 5) is 23.8. The van der Waals surface area contributed by atoms with E-state index >= 15 is 0 Å². The molecule has 0 unspecified atom stereocenters. The Kier molecular flexibility index (Phi) is 5.06. The molecule has 0 spiro atoms. The molecular weight excluding hydrogens is 264 g/mol. The molecule has 1 rings (SSSR count). The monoisotopic (exact) mass is 284 g/mol. The van der Waals surface area contributed by atoms with Crippen molar-refractivity contribution in [3.63, 3.8) is 0 Å². The fourth-order valence-corrected chi connectivity index (χ4v) is 1.93. The SMILES string of the molecule is CCOC(=O)CN(C)c1c([N+](=O)[O-])c(C)nn1C(C)C. The predicted octanol–water partition coefficient (Wildman–Crippen LogP) is 1.68. The number of esters is 1. The van der Waals surface area contributed by atoms with Crippen LogP contribution in [0.4, 0.5) is 11.5 Å². The van der Waals surface area contributed by atoms with Gasteiger partial charge in [0.05, 0.1) is 11.5 Å². The highest BCUT2D eigenvalue weighted by molar-refractivity contribution is 5.77. The molecule has 0 aromatic carbocycles. The lowest BCUT2D eigenvalue weighted by Gasteiger charge is -2.20. The summed E-state index contributed by atoms with van der Waals surface area (Å²) in [5.74, 6) is -0.117. The van der Waals surface area contributed by atoms with E-state index in [1.807, 2.05) is 13.8 Å². The number of aryl methyl sites for hydroxylation is 1. The highest BCUT2D eigenvalue weighted by Gasteiger charge is 2.30.